The number of sulfonamides is 1. The molecule has 5 aromatic rings. The molecule has 0 fully saturated rings. The van der Waals surface area contributed by atoms with Gasteiger partial charge in [0.2, 0.25) is 16.0 Å². The molecule has 0 aliphatic rings. The van der Waals surface area contributed by atoms with Crippen LogP contribution in [0.4, 0.5) is 10.3 Å². The molecule has 0 aliphatic heterocycles. The van der Waals surface area contributed by atoms with Gasteiger partial charge in [-0.1, -0.05) is 80.6 Å². The molecule has 0 radical (unpaired) electrons. The number of hydrogen-bond donors (Lipinski definition) is 0. The standard InChI is InChI=1S/C34H34FN3O2PS/c1-25(2)32-31(33(26-15-14-16-27(35)23-26)37-34(36-32)38(3)42(4,39)40)24-41(28-17-8-5-9-18-28,29-19-10-6-11-20-29)30-21-12-7-13-22-30/h5-23,25H,24H2,1-4H3/q+1. The number of hydrogen-bond acceptors (Lipinski definition) is 4. The predicted octanol–water partition coefficient (Wildman–Crippen LogP) is 6.30. The lowest BCUT2D eigenvalue weighted by Gasteiger charge is -2.30. The van der Waals surface area contributed by atoms with Crippen LogP contribution in [0.5, 0.6) is 0 Å². The van der Waals surface area contributed by atoms with Crippen LogP contribution < -0.4 is 20.2 Å². The third-order valence-corrected chi connectivity index (χ3v) is 12.9. The van der Waals surface area contributed by atoms with E-state index >= 15 is 0 Å². The zero-order chi connectivity index (χ0) is 29.9. The van der Waals surface area contributed by atoms with E-state index in [2.05, 4.69) is 72.8 Å². The lowest BCUT2D eigenvalue weighted by atomic mass is 9.99. The molecular formula is C34H34FN3O2PS+. The summed E-state index contributed by atoms with van der Waals surface area (Å²) in [4.78, 5) is 9.72. The van der Waals surface area contributed by atoms with Crippen LogP contribution in [0.15, 0.2) is 115 Å². The van der Waals surface area contributed by atoms with Crippen LogP contribution in [0, 0.1) is 5.82 Å². The molecule has 0 saturated carbocycles. The number of nitrogens with zero attached hydrogens (tertiary/aromatic N) is 3. The Morgan fingerprint density at radius 2 is 1.26 bits per heavy atom. The molecule has 0 aliphatic carbocycles. The SMILES string of the molecule is CC(C)c1nc(N(C)S(C)(=O)=O)nc(-c2cccc(F)c2)c1C[P+](c1ccccc1)(c1ccccc1)c1ccccc1. The Kier molecular flexibility index (Phi) is 8.53. The largest absolute Gasteiger partial charge is 0.241 e. The molecule has 5 rings (SSSR count). The summed E-state index contributed by atoms with van der Waals surface area (Å²) in [7, 11) is -4.58. The van der Waals surface area contributed by atoms with Crippen molar-refractivity contribution in [2.45, 2.75) is 25.9 Å². The van der Waals surface area contributed by atoms with Crippen LogP contribution in [0.3, 0.4) is 0 Å². The molecule has 0 bridgehead atoms. The Labute approximate surface area is 248 Å². The molecule has 5 nitrogen and oxygen atoms in total. The van der Waals surface area contributed by atoms with E-state index in [4.69, 9.17) is 9.97 Å². The van der Waals surface area contributed by atoms with Crippen molar-refractivity contribution in [2.75, 3.05) is 17.6 Å². The first-order valence-electron chi connectivity index (χ1n) is 13.8. The molecule has 1 aromatic heterocycles. The number of aromatic nitrogens is 2. The van der Waals surface area contributed by atoms with Crippen molar-refractivity contribution >= 4 is 39.1 Å². The Hall–Kier alpha value is -3.93. The van der Waals surface area contributed by atoms with Gasteiger partial charge in [0.05, 0.1) is 17.6 Å². The van der Waals surface area contributed by atoms with Gasteiger partial charge in [-0.3, -0.25) is 0 Å². The lowest BCUT2D eigenvalue weighted by Crippen LogP contribution is -2.33. The molecule has 0 unspecified atom stereocenters. The highest BCUT2D eigenvalue weighted by Crippen LogP contribution is 2.59. The summed E-state index contributed by atoms with van der Waals surface area (Å²) in [5.74, 6) is -0.394. The highest BCUT2D eigenvalue weighted by Gasteiger charge is 2.47. The van der Waals surface area contributed by atoms with Crippen molar-refractivity contribution < 1.29 is 12.8 Å². The molecule has 42 heavy (non-hydrogen) atoms. The second kappa shape index (κ2) is 12.1. The van der Waals surface area contributed by atoms with E-state index < -0.39 is 23.1 Å². The summed E-state index contributed by atoms with van der Waals surface area (Å²) in [6, 6.07) is 37.8. The molecule has 0 spiro atoms. The lowest BCUT2D eigenvalue weighted by molar-refractivity contribution is 0.599. The second-order valence-corrected chi connectivity index (χ2v) is 16.1. The van der Waals surface area contributed by atoms with Gasteiger partial charge in [0, 0.05) is 18.2 Å². The number of benzene rings is 4. The molecule has 0 saturated heterocycles. The van der Waals surface area contributed by atoms with Crippen LogP contribution >= 0.6 is 7.26 Å². The molecule has 0 amide bonds. The van der Waals surface area contributed by atoms with Crippen molar-refractivity contribution in [3.8, 4) is 11.3 Å². The van der Waals surface area contributed by atoms with Gasteiger partial charge in [0.25, 0.3) is 0 Å². The minimum Gasteiger partial charge on any atom is -0.241 e. The van der Waals surface area contributed by atoms with E-state index in [0.29, 0.717) is 17.4 Å². The highest BCUT2D eigenvalue weighted by molar-refractivity contribution is 7.95. The van der Waals surface area contributed by atoms with Crippen LogP contribution in [-0.2, 0) is 16.2 Å². The van der Waals surface area contributed by atoms with Crippen molar-refractivity contribution in [2.24, 2.45) is 0 Å². The van der Waals surface area contributed by atoms with Crippen LogP contribution in [0.1, 0.15) is 31.0 Å². The van der Waals surface area contributed by atoms with Crippen LogP contribution in [0.25, 0.3) is 11.3 Å². The van der Waals surface area contributed by atoms with E-state index in [1.165, 1.54) is 35.1 Å². The van der Waals surface area contributed by atoms with E-state index in [1.54, 1.807) is 6.07 Å². The quantitative estimate of drug-likeness (QED) is 0.187. The first-order chi connectivity index (χ1) is 20.1. The van der Waals surface area contributed by atoms with Gasteiger partial charge in [0.1, 0.15) is 35.2 Å². The van der Waals surface area contributed by atoms with Gasteiger partial charge in [0.15, 0.2) is 0 Å². The molecule has 214 valence electrons. The zero-order valence-electron chi connectivity index (χ0n) is 24.1. The topological polar surface area (TPSA) is 63.2 Å². The third-order valence-electron chi connectivity index (χ3n) is 7.44. The summed E-state index contributed by atoms with van der Waals surface area (Å²) in [6.07, 6.45) is 1.69. The molecular weight excluding hydrogens is 564 g/mol. The fourth-order valence-electron chi connectivity index (χ4n) is 5.29. The van der Waals surface area contributed by atoms with Gasteiger partial charge in [-0.25, -0.2) is 27.1 Å². The number of rotatable bonds is 9. The zero-order valence-corrected chi connectivity index (χ0v) is 25.9. The third kappa shape index (κ3) is 5.85. The number of halogens is 1. The van der Waals surface area contributed by atoms with Gasteiger partial charge in [-0.15, -0.1) is 0 Å². The molecule has 4 aromatic carbocycles. The average molecular weight is 599 g/mol. The number of anilines is 1. The second-order valence-electron chi connectivity index (χ2n) is 10.6. The fourth-order valence-corrected chi connectivity index (χ4v) is 9.94. The minimum atomic E-state index is -3.64. The van der Waals surface area contributed by atoms with Crippen molar-refractivity contribution in [3.63, 3.8) is 0 Å². The normalized spacial score (nSPS) is 12.0. The maximum Gasteiger partial charge on any atom is 0.239 e. The van der Waals surface area contributed by atoms with Crippen molar-refractivity contribution in [1.82, 2.24) is 9.97 Å². The molecule has 8 heteroatoms. The summed E-state index contributed by atoms with van der Waals surface area (Å²) in [5.41, 5.74) is 2.73. The van der Waals surface area contributed by atoms with Gasteiger partial charge in [-0.2, -0.15) is 0 Å². The molecule has 0 N–H and O–H groups in total. The maximum atomic E-state index is 14.7. The van der Waals surface area contributed by atoms with Crippen LogP contribution in [-0.4, -0.2) is 31.7 Å². The van der Waals surface area contributed by atoms with Crippen molar-refractivity contribution in [3.05, 3.63) is 132 Å². The van der Waals surface area contributed by atoms with Crippen molar-refractivity contribution in [1.29, 1.82) is 0 Å². The summed E-state index contributed by atoms with van der Waals surface area (Å²) >= 11 is 0. The minimum absolute atomic E-state index is 0.0623. The van der Waals surface area contributed by atoms with Gasteiger partial charge < -0.3 is 0 Å². The Bertz CT molecular complexity index is 1690. The first kappa shape index (κ1) is 29.6. The summed E-state index contributed by atoms with van der Waals surface area (Å²) < 4.78 is 40.9. The summed E-state index contributed by atoms with van der Waals surface area (Å²) in [5, 5.41) is 3.58. The van der Waals surface area contributed by atoms with E-state index in [1.807, 2.05) is 38.1 Å². The molecule has 0 atom stereocenters. The van der Waals surface area contributed by atoms with E-state index in [9.17, 15) is 12.8 Å². The Balaban J connectivity index is 1.90. The monoisotopic (exact) mass is 598 g/mol. The van der Waals surface area contributed by atoms with Crippen LogP contribution in [0.2, 0.25) is 0 Å². The smallest absolute Gasteiger partial charge is 0.239 e. The van der Waals surface area contributed by atoms with E-state index in [0.717, 1.165) is 21.8 Å². The Morgan fingerprint density at radius 3 is 1.69 bits per heavy atom. The first-order valence-corrected chi connectivity index (χ1v) is 17.6. The molecule has 1 heterocycles. The highest BCUT2D eigenvalue weighted by atomic mass is 32.2. The van der Waals surface area contributed by atoms with Gasteiger partial charge >= 0.3 is 0 Å². The summed E-state index contributed by atoms with van der Waals surface area (Å²) in [6.45, 7) is 4.08. The fraction of sp³-hybridized carbons (Fsp3) is 0.176. The average Bonchev–Trinajstić information content (AvgIpc) is 3.00. The Morgan fingerprint density at radius 1 is 0.762 bits per heavy atom. The maximum absolute atomic E-state index is 14.7. The van der Waals surface area contributed by atoms with E-state index in [-0.39, 0.29) is 11.9 Å². The van der Waals surface area contributed by atoms with Gasteiger partial charge in [-0.05, 0) is 54.4 Å². The predicted molar refractivity (Wildman–Crippen MR) is 174 cm³/mol.